The Bertz CT molecular complexity index is 1050. The largest absolute Gasteiger partial charge is 0.396 e. The number of aliphatic imine (C=N–C) groups is 1. The van der Waals surface area contributed by atoms with Crippen LogP contribution in [0.4, 0.5) is 11.4 Å². The van der Waals surface area contributed by atoms with Gasteiger partial charge in [0.05, 0.1) is 12.2 Å². The number of nitrogens with zero attached hydrogens (tertiary/aromatic N) is 3. The first-order valence-electron chi connectivity index (χ1n) is 10.8. The molecule has 0 bridgehead atoms. The van der Waals surface area contributed by atoms with Crippen molar-refractivity contribution in [1.29, 1.82) is 0 Å². The number of ketones is 1. The van der Waals surface area contributed by atoms with E-state index in [4.69, 9.17) is 5.73 Å². The number of para-hydroxylation sites is 1. The molecule has 0 unspecified atom stereocenters. The van der Waals surface area contributed by atoms with Crippen molar-refractivity contribution in [3.8, 4) is 0 Å². The summed E-state index contributed by atoms with van der Waals surface area (Å²) in [5, 5.41) is 12.0. The lowest BCUT2D eigenvalue weighted by atomic mass is 10.0. The number of hydrogen-bond donors (Lipinski definition) is 3. The van der Waals surface area contributed by atoms with E-state index in [0.29, 0.717) is 24.3 Å². The van der Waals surface area contributed by atoms with Crippen LogP contribution in [0, 0.1) is 0 Å². The first-order chi connectivity index (χ1) is 15.8. The number of nitrogens with one attached hydrogen (secondary N) is 1. The molecule has 0 saturated carbocycles. The minimum atomic E-state index is -0.686. The molecule has 2 amide bonds. The third-order valence-corrected chi connectivity index (χ3v) is 5.10. The van der Waals surface area contributed by atoms with Crippen molar-refractivity contribution >= 4 is 34.9 Å². The Morgan fingerprint density at radius 3 is 2.58 bits per heavy atom. The summed E-state index contributed by atoms with van der Waals surface area (Å²) in [6.45, 7) is 4.32. The first kappa shape index (κ1) is 23.9. The van der Waals surface area contributed by atoms with E-state index < -0.39 is 11.7 Å². The fourth-order valence-electron chi connectivity index (χ4n) is 3.53. The van der Waals surface area contributed by atoms with Crippen LogP contribution in [-0.4, -0.2) is 59.3 Å². The average molecular weight is 452 g/mol. The third-order valence-electron chi connectivity index (χ3n) is 5.10. The summed E-state index contributed by atoms with van der Waals surface area (Å²) in [5.74, 6) is -1.35. The molecule has 9 nitrogen and oxygen atoms in total. The number of rotatable bonds is 9. The summed E-state index contributed by atoms with van der Waals surface area (Å²) in [7, 11) is 0. The van der Waals surface area contributed by atoms with Gasteiger partial charge in [-0.1, -0.05) is 30.3 Å². The van der Waals surface area contributed by atoms with Crippen LogP contribution in [0.1, 0.15) is 36.2 Å². The number of amides is 2. The van der Waals surface area contributed by atoms with Gasteiger partial charge < -0.3 is 26.0 Å². The zero-order chi connectivity index (χ0) is 24.0. The number of benzene rings is 2. The lowest BCUT2D eigenvalue weighted by molar-refractivity contribution is -0.122. The summed E-state index contributed by atoms with van der Waals surface area (Å²) in [6.07, 6.45) is 0.346. The maximum absolute atomic E-state index is 13.0. The molecule has 2 aromatic carbocycles. The van der Waals surface area contributed by atoms with Gasteiger partial charge in [0.15, 0.2) is 5.96 Å². The van der Waals surface area contributed by atoms with Crippen LogP contribution >= 0.6 is 0 Å². The third kappa shape index (κ3) is 5.95. The summed E-state index contributed by atoms with van der Waals surface area (Å²) in [5.41, 5.74) is 8.12. The van der Waals surface area contributed by atoms with Gasteiger partial charge in [0.25, 0.3) is 11.7 Å². The highest BCUT2D eigenvalue weighted by atomic mass is 16.3. The zero-order valence-corrected chi connectivity index (χ0v) is 18.8. The van der Waals surface area contributed by atoms with E-state index in [-0.39, 0.29) is 43.2 Å². The summed E-state index contributed by atoms with van der Waals surface area (Å²) < 4.78 is 0. The minimum absolute atomic E-state index is 0.0201. The Morgan fingerprint density at radius 2 is 1.91 bits per heavy atom. The molecule has 0 radical (unpaired) electrons. The quantitative estimate of drug-likeness (QED) is 0.392. The maximum atomic E-state index is 13.0. The van der Waals surface area contributed by atoms with E-state index in [1.165, 1.54) is 4.90 Å². The van der Waals surface area contributed by atoms with Crippen LogP contribution in [0.3, 0.4) is 0 Å². The van der Waals surface area contributed by atoms with E-state index in [9.17, 15) is 19.5 Å². The number of carbonyl (C=O) groups excluding carboxylic acids is 3. The highest BCUT2D eigenvalue weighted by Crippen LogP contribution is 2.27. The first-order valence-corrected chi connectivity index (χ1v) is 10.8. The highest BCUT2D eigenvalue weighted by Gasteiger charge is 2.26. The van der Waals surface area contributed by atoms with Gasteiger partial charge in [0.2, 0.25) is 5.91 Å². The number of hydrogen-bond acceptors (Lipinski definition) is 7. The van der Waals surface area contributed by atoms with Crippen molar-refractivity contribution in [3.63, 3.8) is 0 Å². The standard InChI is InChI=1S/C24H29N5O4/c1-16(2)26-21(31)15-28-14-18-10-9-17(13-20(18)27-24(28)25)22(32)23(33)29(11-6-12-30)19-7-4-3-5-8-19/h3-5,7-10,13,16,30H,6,11-12,14-15H2,1-2H3,(H2,25,27)(H,26,31). The molecule has 9 heteroatoms. The van der Waals surface area contributed by atoms with Crippen LogP contribution in [-0.2, 0) is 16.1 Å². The Balaban J connectivity index is 1.79. The van der Waals surface area contributed by atoms with E-state index >= 15 is 0 Å². The molecule has 1 heterocycles. The van der Waals surface area contributed by atoms with Gasteiger partial charge in [-0.15, -0.1) is 0 Å². The molecule has 33 heavy (non-hydrogen) atoms. The Hall–Kier alpha value is -3.72. The lowest BCUT2D eigenvalue weighted by Gasteiger charge is -2.28. The minimum Gasteiger partial charge on any atom is -0.396 e. The zero-order valence-electron chi connectivity index (χ0n) is 18.8. The summed E-state index contributed by atoms with van der Waals surface area (Å²) in [4.78, 5) is 45.5. The van der Waals surface area contributed by atoms with E-state index in [0.717, 1.165) is 5.56 Å². The maximum Gasteiger partial charge on any atom is 0.299 e. The molecule has 1 aliphatic rings. The molecule has 4 N–H and O–H groups in total. The van der Waals surface area contributed by atoms with E-state index in [1.807, 2.05) is 19.9 Å². The molecule has 0 atom stereocenters. The number of anilines is 1. The molecule has 0 saturated heterocycles. The van der Waals surface area contributed by atoms with Crippen molar-refractivity contribution in [2.45, 2.75) is 32.9 Å². The number of nitrogens with two attached hydrogens (primary N) is 1. The van der Waals surface area contributed by atoms with Gasteiger partial charge in [-0.25, -0.2) is 4.99 Å². The second-order valence-electron chi connectivity index (χ2n) is 8.09. The SMILES string of the molecule is CC(C)NC(=O)CN1Cc2ccc(C(=O)C(=O)N(CCCO)c3ccccc3)cc2N=C1N. The monoisotopic (exact) mass is 451 g/mol. The molecule has 174 valence electrons. The Morgan fingerprint density at radius 1 is 1.18 bits per heavy atom. The van der Waals surface area contributed by atoms with Crippen molar-refractivity contribution in [1.82, 2.24) is 10.2 Å². The second kappa shape index (κ2) is 10.7. The van der Waals surface area contributed by atoms with Crippen molar-refractivity contribution in [2.24, 2.45) is 10.7 Å². The Kier molecular flexibility index (Phi) is 7.78. The topological polar surface area (TPSA) is 128 Å². The van der Waals surface area contributed by atoms with Gasteiger partial charge in [-0.3, -0.25) is 14.4 Å². The fraction of sp³-hybridized carbons (Fsp3) is 0.333. The second-order valence-corrected chi connectivity index (χ2v) is 8.09. The van der Waals surface area contributed by atoms with Crippen molar-refractivity contribution in [2.75, 3.05) is 24.6 Å². The Labute approximate surface area is 192 Å². The van der Waals surface area contributed by atoms with Gasteiger partial charge in [-0.2, -0.15) is 0 Å². The normalized spacial score (nSPS) is 12.7. The highest BCUT2D eigenvalue weighted by molar-refractivity contribution is 6.47. The predicted octanol–water partition coefficient (Wildman–Crippen LogP) is 1.57. The average Bonchev–Trinajstić information content (AvgIpc) is 2.79. The molecular weight excluding hydrogens is 422 g/mol. The molecule has 0 fully saturated rings. The summed E-state index contributed by atoms with van der Waals surface area (Å²) in [6, 6.07) is 13.7. The lowest BCUT2D eigenvalue weighted by Crippen LogP contribution is -2.46. The van der Waals surface area contributed by atoms with Crippen LogP contribution in [0.5, 0.6) is 0 Å². The molecule has 0 aliphatic carbocycles. The van der Waals surface area contributed by atoms with Gasteiger partial charge >= 0.3 is 0 Å². The van der Waals surface area contributed by atoms with Crippen LogP contribution in [0.15, 0.2) is 53.5 Å². The number of guanidine groups is 1. The van der Waals surface area contributed by atoms with Crippen molar-refractivity contribution < 1.29 is 19.5 Å². The van der Waals surface area contributed by atoms with E-state index in [2.05, 4.69) is 10.3 Å². The van der Waals surface area contributed by atoms with Gasteiger partial charge in [0, 0.05) is 37.0 Å². The van der Waals surface area contributed by atoms with Gasteiger partial charge in [-0.05, 0) is 44.0 Å². The van der Waals surface area contributed by atoms with Crippen LogP contribution in [0.2, 0.25) is 0 Å². The molecule has 0 spiro atoms. The molecular formula is C24H29N5O4. The fourth-order valence-corrected chi connectivity index (χ4v) is 3.53. The van der Waals surface area contributed by atoms with Crippen LogP contribution < -0.4 is 16.0 Å². The number of Topliss-reactive ketones (excluding diaryl/α,β-unsaturated/α-hetero) is 1. The number of carbonyl (C=O) groups is 3. The molecule has 0 aromatic heterocycles. The van der Waals surface area contributed by atoms with Crippen molar-refractivity contribution in [3.05, 3.63) is 59.7 Å². The van der Waals surface area contributed by atoms with E-state index in [1.54, 1.807) is 47.4 Å². The number of aliphatic hydroxyl groups is 1. The summed E-state index contributed by atoms with van der Waals surface area (Å²) >= 11 is 0. The smallest absolute Gasteiger partial charge is 0.299 e. The predicted molar refractivity (Wildman–Crippen MR) is 126 cm³/mol. The van der Waals surface area contributed by atoms with Gasteiger partial charge in [0.1, 0.15) is 0 Å². The molecule has 1 aliphatic heterocycles. The number of aliphatic hydroxyl groups excluding tert-OH is 1. The number of fused-ring (bicyclic) bond motifs is 1. The molecule has 2 aromatic rings. The van der Waals surface area contributed by atoms with Crippen LogP contribution in [0.25, 0.3) is 0 Å². The molecule has 3 rings (SSSR count).